The first-order valence-electron chi connectivity index (χ1n) is 10.6. The Morgan fingerprint density at radius 2 is 2.11 bits per heavy atom. The first-order valence-corrected chi connectivity index (χ1v) is 12.9. The molecule has 6 nitrogen and oxygen atoms in total. The van der Waals surface area contributed by atoms with Crippen LogP contribution in [0.25, 0.3) is 0 Å². The van der Waals surface area contributed by atoms with Gasteiger partial charge in [0.1, 0.15) is 4.21 Å². The molecule has 1 aromatic heterocycles. The maximum Gasteiger partial charge on any atom is 0.252 e. The third kappa shape index (κ3) is 5.34. The number of hydrogen-bond donors (Lipinski definition) is 1. The topological polar surface area (TPSA) is 69.7 Å². The molecule has 28 heavy (non-hydrogen) atoms. The number of rotatable bonds is 8. The summed E-state index contributed by atoms with van der Waals surface area (Å²) in [5.41, 5.74) is 0. The van der Waals surface area contributed by atoms with Crippen LogP contribution in [0.15, 0.2) is 21.7 Å². The Bertz CT molecular complexity index is 721. The fraction of sp³-hybridized carbons (Fsp3) is 0.750. The van der Waals surface area contributed by atoms with Gasteiger partial charge in [0.05, 0.1) is 5.92 Å². The maximum atomic E-state index is 12.7. The van der Waals surface area contributed by atoms with E-state index in [9.17, 15) is 13.2 Å². The summed E-state index contributed by atoms with van der Waals surface area (Å²) < 4.78 is 27.3. The molecule has 1 N–H and O–H groups in total. The van der Waals surface area contributed by atoms with E-state index in [1.165, 1.54) is 47.9 Å². The van der Waals surface area contributed by atoms with Crippen molar-refractivity contribution in [1.82, 2.24) is 14.5 Å². The van der Waals surface area contributed by atoms with Gasteiger partial charge in [-0.15, -0.1) is 11.3 Å². The Morgan fingerprint density at radius 1 is 1.25 bits per heavy atom. The van der Waals surface area contributed by atoms with Crippen molar-refractivity contribution in [3.63, 3.8) is 0 Å². The third-order valence-electron chi connectivity index (χ3n) is 5.99. The summed E-state index contributed by atoms with van der Waals surface area (Å²) in [5, 5.41) is 4.82. The van der Waals surface area contributed by atoms with Crippen LogP contribution in [-0.4, -0.2) is 62.3 Å². The van der Waals surface area contributed by atoms with Crippen molar-refractivity contribution < 1.29 is 13.2 Å². The van der Waals surface area contributed by atoms with Crippen LogP contribution in [0.2, 0.25) is 0 Å². The van der Waals surface area contributed by atoms with Crippen LogP contribution in [0, 0.1) is 5.92 Å². The van der Waals surface area contributed by atoms with E-state index >= 15 is 0 Å². The lowest BCUT2D eigenvalue weighted by Crippen LogP contribution is -2.46. The van der Waals surface area contributed by atoms with Gasteiger partial charge >= 0.3 is 0 Å². The van der Waals surface area contributed by atoms with Gasteiger partial charge in [-0.25, -0.2) is 8.42 Å². The number of nitrogens with zero attached hydrogens (tertiary/aromatic N) is 2. The summed E-state index contributed by atoms with van der Waals surface area (Å²) in [5.74, 6) is -0.251. The molecule has 158 valence electrons. The minimum Gasteiger partial charge on any atom is -0.356 e. The van der Waals surface area contributed by atoms with Crippen LogP contribution in [0.5, 0.6) is 0 Å². The van der Waals surface area contributed by atoms with E-state index in [1.807, 2.05) is 0 Å². The van der Waals surface area contributed by atoms with Crippen LogP contribution in [0.1, 0.15) is 51.9 Å². The quantitative estimate of drug-likeness (QED) is 0.648. The molecule has 0 bridgehead atoms. The first kappa shape index (κ1) is 21.7. The first-order chi connectivity index (χ1) is 13.5. The third-order valence-corrected chi connectivity index (χ3v) is 9.22. The number of piperidine rings is 2. The van der Waals surface area contributed by atoms with Gasteiger partial charge in [-0.2, -0.15) is 4.31 Å². The number of hydrogen-bond acceptors (Lipinski definition) is 5. The van der Waals surface area contributed by atoms with Crippen molar-refractivity contribution in [1.29, 1.82) is 0 Å². The second-order valence-corrected chi connectivity index (χ2v) is 11.0. The van der Waals surface area contributed by atoms with Gasteiger partial charge in [-0.05, 0) is 56.5 Å². The van der Waals surface area contributed by atoms with Gasteiger partial charge in [0.2, 0.25) is 5.91 Å². The van der Waals surface area contributed by atoms with E-state index < -0.39 is 10.0 Å². The summed E-state index contributed by atoms with van der Waals surface area (Å²) in [7, 11) is -3.47. The Labute approximate surface area is 173 Å². The number of carbonyl (C=O) groups is 1. The zero-order valence-corrected chi connectivity index (χ0v) is 18.4. The zero-order chi connectivity index (χ0) is 20.0. The van der Waals surface area contributed by atoms with Crippen molar-refractivity contribution >= 4 is 27.3 Å². The highest BCUT2D eigenvalue weighted by molar-refractivity contribution is 7.91. The molecule has 1 amide bonds. The molecule has 2 atom stereocenters. The SMILES string of the molecule is CCC1CCCCN1CCCNC(=O)C1CCCN(S(=O)(=O)c2cccs2)C1. The fourth-order valence-electron chi connectivity index (χ4n) is 4.37. The molecule has 3 heterocycles. The summed E-state index contributed by atoms with van der Waals surface area (Å²) in [6.07, 6.45) is 7.54. The van der Waals surface area contributed by atoms with Crippen molar-refractivity contribution in [3.8, 4) is 0 Å². The lowest BCUT2D eigenvalue weighted by molar-refractivity contribution is -0.126. The molecule has 0 spiro atoms. The fourth-order valence-corrected chi connectivity index (χ4v) is 7.04. The van der Waals surface area contributed by atoms with Crippen LogP contribution < -0.4 is 5.32 Å². The van der Waals surface area contributed by atoms with Crippen molar-refractivity contribution in [2.24, 2.45) is 5.92 Å². The predicted octanol–water partition coefficient (Wildman–Crippen LogP) is 2.92. The molecular weight excluding hydrogens is 394 g/mol. The number of amides is 1. The molecule has 2 aliphatic heterocycles. The molecular formula is C20H33N3O3S2. The van der Waals surface area contributed by atoms with Crippen LogP contribution in [-0.2, 0) is 14.8 Å². The predicted molar refractivity (Wildman–Crippen MR) is 113 cm³/mol. The minimum atomic E-state index is -3.47. The Balaban J connectivity index is 1.44. The summed E-state index contributed by atoms with van der Waals surface area (Å²) in [6.45, 7) is 5.91. The Morgan fingerprint density at radius 3 is 2.86 bits per heavy atom. The van der Waals surface area contributed by atoms with E-state index in [0.29, 0.717) is 23.3 Å². The smallest absolute Gasteiger partial charge is 0.252 e. The lowest BCUT2D eigenvalue weighted by atomic mass is 9.98. The van der Waals surface area contributed by atoms with E-state index in [0.717, 1.165) is 25.8 Å². The highest BCUT2D eigenvalue weighted by atomic mass is 32.2. The summed E-state index contributed by atoms with van der Waals surface area (Å²) >= 11 is 1.23. The highest BCUT2D eigenvalue weighted by Crippen LogP contribution is 2.26. The van der Waals surface area contributed by atoms with Crippen LogP contribution in [0.3, 0.4) is 0 Å². The second kappa shape index (κ2) is 10.2. The maximum absolute atomic E-state index is 12.7. The largest absolute Gasteiger partial charge is 0.356 e. The van der Waals surface area contributed by atoms with Gasteiger partial charge in [-0.1, -0.05) is 19.4 Å². The molecule has 0 radical (unpaired) electrons. The van der Waals surface area contributed by atoms with E-state index in [4.69, 9.17) is 0 Å². The number of thiophene rings is 1. The molecule has 0 aromatic carbocycles. The molecule has 1 aromatic rings. The second-order valence-electron chi connectivity index (χ2n) is 7.87. The van der Waals surface area contributed by atoms with Gasteiger partial charge < -0.3 is 10.2 Å². The van der Waals surface area contributed by atoms with E-state index in [-0.39, 0.29) is 18.4 Å². The molecule has 3 rings (SSSR count). The van der Waals surface area contributed by atoms with Crippen molar-refractivity contribution in [2.45, 2.75) is 62.1 Å². The van der Waals surface area contributed by atoms with Crippen molar-refractivity contribution in [3.05, 3.63) is 17.5 Å². The number of sulfonamides is 1. The Kier molecular flexibility index (Phi) is 7.91. The number of likely N-dealkylation sites (tertiary alicyclic amines) is 1. The standard InChI is InChI=1S/C20H33N3O3S2/c1-2-18-9-3-4-12-22(18)13-7-11-21-20(24)17-8-5-14-23(16-17)28(25,26)19-10-6-15-27-19/h6,10,15,17-18H,2-5,7-9,11-14,16H2,1H3,(H,21,24). The average molecular weight is 428 g/mol. The number of carbonyl (C=O) groups excluding carboxylic acids is 1. The van der Waals surface area contributed by atoms with Crippen LogP contribution >= 0.6 is 11.3 Å². The van der Waals surface area contributed by atoms with Gasteiger partial charge in [0.15, 0.2) is 0 Å². The molecule has 2 saturated heterocycles. The lowest BCUT2D eigenvalue weighted by Gasteiger charge is -2.35. The molecule has 0 aliphatic carbocycles. The average Bonchev–Trinajstić information content (AvgIpc) is 3.27. The van der Waals surface area contributed by atoms with E-state index in [1.54, 1.807) is 17.5 Å². The zero-order valence-electron chi connectivity index (χ0n) is 16.8. The molecule has 0 saturated carbocycles. The monoisotopic (exact) mass is 427 g/mol. The Hall–Kier alpha value is -0.960. The molecule has 2 fully saturated rings. The minimum absolute atomic E-state index is 0.00300. The van der Waals surface area contributed by atoms with Gasteiger partial charge in [-0.3, -0.25) is 4.79 Å². The molecule has 2 aliphatic rings. The summed E-state index contributed by atoms with van der Waals surface area (Å²) in [6, 6.07) is 4.07. The molecule has 2 unspecified atom stereocenters. The van der Waals surface area contributed by atoms with Crippen molar-refractivity contribution in [2.75, 3.05) is 32.7 Å². The normalized spacial score (nSPS) is 24.9. The number of nitrogens with one attached hydrogen (secondary N) is 1. The van der Waals surface area contributed by atoms with Crippen LogP contribution in [0.4, 0.5) is 0 Å². The van der Waals surface area contributed by atoms with E-state index in [2.05, 4.69) is 17.1 Å². The highest BCUT2D eigenvalue weighted by Gasteiger charge is 2.33. The van der Waals surface area contributed by atoms with Gasteiger partial charge in [0.25, 0.3) is 10.0 Å². The molecule has 8 heteroatoms. The summed E-state index contributed by atoms with van der Waals surface area (Å²) in [4.78, 5) is 15.1. The van der Waals surface area contributed by atoms with Gasteiger partial charge in [0, 0.05) is 32.2 Å².